The predicted molar refractivity (Wildman–Crippen MR) is 278 cm³/mol. The fraction of sp³-hybridized carbons (Fsp3) is 0.667. The molecule has 0 aliphatic carbocycles. The van der Waals surface area contributed by atoms with Crippen LogP contribution < -0.4 is 54.0 Å². The Bertz CT molecular complexity index is 2120. The first kappa shape index (κ1) is 67.3. The summed E-state index contributed by atoms with van der Waals surface area (Å²) in [4.78, 5) is 146. The molecule has 1 rings (SSSR count). The standard InChI is InChI=1S/C51H84N10O15/c1-25(2)20-35(56-43(67)32(52)24-31-14-12-11-13-15-31)47(71)59-36(21-26(3)4)46(70)54-33(16-18-39(53)64)44(68)57-37(22-27(5)6)48(72)60-41(29(9)62)50(74)55-34(17-19-40(65)66)45(69)58-38(23-28(7)8)49(73)61-42(30(10)63)51(75)76/h11-15,25-30,32-38,41-42,62-63H,16-24,52H2,1-10H3,(H2,53,64)(H,54,70)(H,55,74)(H,56,67)(H,57,68)(H,58,69)(H,59,71)(H,60,72)(H,61,73)(H,65,66)(H,75,76)/t29-,30-,32+,33+,34+,35+,36+,37+,38+,41+,42+/m1/s1. The number of rotatable bonds is 35. The van der Waals surface area contributed by atoms with Crippen LogP contribution in [0.2, 0.25) is 0 Å². The van der Waals surface area contributed by atoms with Crippen molar-refractivity contribution in [3.63, 3.8) is 0 Å². The third kappa shape index (κ3) is 25.7. The van der Waals surface area contributed by atoms with E-state index in [0.717, 1.165) is 19.4 Å². The van der Waals surface area contributed by atoms with Crippen LogP contribution >= 0.6 is 0 Å². The van der Waals surface area contributed by atoms with Crippen LogP contribution in [0.3, 0.4) is 0 Å². The van der Waals surface area contributed by atoms with Crippen LogP contribution in [0.5, 0.6) is 0 Å². The van der Waals surface area contributed by atoms with E-state index >= 15 is 0 Å². The number of hydrogen-bond donors (Lipinski definition) is 14. The highest BCUT2D eigenvalue weighted by Gasteiger charge is 2.37. The van der Waals surface area contributed by atoms with Crippen molar-refractivity contribution in [2.75, 3.05) is 0 Å². The smallest absolute Gasteiger partial charge is 0.328 e. The predicted octanol–water partition coefficient (Wildman–Crippen LogP) is -1.40. The van der Waals surface area contributed by atoms with Gasteiger partial charge < -0.3 is 74.4 Å². The Morgan fingerprint density at radius 2 is 0.750 bits per heavy atom. The fourth-order valence-corrected chi connectivity index (χ4v) is 7.80. The van der Waals surface area contributed by atoms with E-state index in [1.807, 2.05) is 32.0 Å². The average Bonchev–Trinajstić information content (AvgIpc) is 3.30. The van der Waals surface area contributed by atoms with E-state index in [-0.39, 0.29) is 62.2 Å². The quantitative estimate of drug-likeness (QED) is 0.0372. The van der Waals surface area contributed by atoms with Gasteiger partial charge in [-0.05, 0) is 88.0 Å². The minimum absolute atomic E-state index is 0.0582. The van der Waals surface area contributed by atoms with Gasteiger partial charge in [0.2, 0.25) is 53.2 Å². The van der Waals surface area contributed by atoms with Crippen LogP contribution in [0.15, 0.2) is 30.3 Å². The third-order valence-electron chi connectivity index (χ3n) is 11.7. The highest BCUT2D eigenvalue weighted by molar-refractivity contribution is 5.98. The number of amides is 9. The Labute approximate surface area is 444 Å². The van der Waals surface area contributed by atoms with Gasteiger partial charge in [-0.25, -0.2) is 4.79 Å². The van der Waals surface area contributed by atoms with Gasteiger partial charge in [0.15, 0.2) is 6.04 Å². The first-order valence-electron chi connectivity index (χ1n) is 25.6. The van der Waals surface area contributed by atoms with Crippen molar-refractivity contribution in [3.05, 3.63) is 35.9 Å². The van der Waals surface area contributed by atoms with Gasteiger partial charge in [-0.2, -0.15) is 0 Å². The molecular weight excluding hydrogens is 993 g/mol. The number of nitrogens with two attached hydrogens (primary N) is 2. The molecule has 76 heavy (non-hydrogen) atoms. The van der Waals surface area contributed by atoms with E-state index in [2.05, 4.69) is 42.5 Å². The monoisotopic (exact) mass is 1080 g/mol. The van der Waals surface area contributed by atoms with Crippen LogP contribution in [0.4, 0.5) is 0 Å². The Balaban J connectivity index is 3.47. The summed E-state index contributed by atoms with van der Waals surface area (Å²) in [6.07, 6.45) is -4.97. The Hall–Kier alpha value is -6.73. The van der Waals surface area contributed by atoms with Crippen molar-refractivity contribution in [3.8, 4) is 0 Å². The van der Waals surface area contributed by atoms with Gasteiger partial charge >= 0.3 is 11.9 Å². The summed E-state index contributed by atoms with van der Waals surface area (Å²) in [6, 6.07) is -4.11. The van der Waals surface area contributed by atoms with Gasteiger partial charge in [0.05, 0.1) is 18.2 Å². The number of aliphatic hydroxyl groups is 2. The number of carbonyl (C=O) groups excluding carboxylic acids is 9. The summed E-state index contributed by atoms with van der Waals surface area (Å²) in [5, 5.41) is 59.4. The third-order valence-corrected chi connectivity index (χ3v) is 11.7. The van der Waals surface area contributed by atoms with Gasteiger partial charge in [0, 0.05) is 12.8 Å². The number of hydrogen-bond acceptors (Lipinski definition) is 14. The van der Waals surface area contributed by atoms with Gasteiger partial charge in [0.1, 0.15) is 42.3 Å². The molecule has 0 aliphatic heterocycles. The highest BCUT2D eigenvalue weighted by Crippen LogP contribution is 2.14. The van der Waals surface area contributed by atoms with Crippen molar-refractivity contribution in [2.45, 2.75) is 194 Å². The van der Waals surface area contributed by atoms with E-state index in [9.17, 15) is 73.2 Å². The van der Waals surface area contributed by atoms with Gasteiger partial charge in [-0.1, -0.05) is 85.7 Å². The second kappa shape index (κ2) is 33.3. The van der Waals surface area contributed by atoms with E-state index in [1.165, 1.54) is 0 Å². The molecule has 1 aromatic rings. The average molecular weight is 1080 g/mol. The molecular formula is C51H84N10O15. The van der Waals surface area contributed by atoms with Gasteiger partial charge in [-0.3, -0.25) is 47.9 Å². The molecule has 1 aromatic carbocycles. The Morgan fingerprint density at radius 1 is 0.434 bits per heavy atom. The molecule has 9 amide bonds. The van der Waals surface area contributed by atoms with Crippen molar-refractivity contribution in [2.24, 2.45) is 35.1 Å². The fourth-order valence-electron chi connectivity index (χ4n) is 7.80. The molecule has 25 nitrogen and oxygen atoms in total. The SMILES string of the molecule is CC(C)C[C@H](NC(=O)[C@H](CC(C)C)NC(=O)[C@@H](N)Cc1ccccc1)C(=O)N[C@@H](CCC(N)=O)C(=O)N[C@@H](CC(C)C)C(=O)N[C@H](C(=O)N[C@@H](CCC(=O)O)C(=O)N[C@@H](CC(C)C)C(=O)N[C@H](C(=O)O)[C@@H](C)O)[C@@H](C)O. The zero-order valence-corrected chi connectivity index (χ0v) is 45.3. The summed E-state index contributed by atoms with van der Waals surface area (Å²) >= 11 is 0. The van der Waals surface area contributed by atoms with Crippen molar-refractivity contribution in [1.82, 2.24) is 42.5 Å². The zero-order chi connectivity index (χ0) is 58.1. The molecule has 0 saturated carbocycles. The molecule has 0 heterocycles. The normalized spacial score (nSPS) is 15.8. The van der Waals surface area contributed by atoms with Crippen LogP contribution in [0.1, 0.15) is 126 Å². The van der Waals surface area contributed by atoms with Crippen LogP contribution in [-0.4, -0.2) is 152 Å². The Morgan fingerprint density at radius 3 is 1.09 bits per heavy atom. The number of carbonyl (C=O) groups is 11. The lowest BCUT2D eigenvalue weighted by molar-refractivity contribution is -0.145. The van der Waals surface area contributed by atoms with E-state index in [0.29, 0.717) is 0 Å². The van der Waals surface area contributed by atoms with Crippen molar-refractivity contribution < 1.29 is 73.2 Å². The molecule has 0 aliphatic rings. The minimum atomic E-state index is -1.86. The number of carboxylic acid groups (broad SMARTS) is 2. The second-order valence-electron chi connectivity index (χ2n) is 20.9. The van der Waals surface area contributed by atoms with E-state index in [1.54, 1.807) is 53.7 Å². The second-order valence-corrected chi connectivity index (χ2v) is 20.9. The zero-order valence-electron chi connectivity index (χ0n) is 45.3. The maximum Gasteiger partial charge on any atom is 0.328 e. The summed E-state index contributed by atoms with van der Waals surface area (Å²) in [5.41, 5.74) is 12.5. The first-order chi connectivity index (χ1) is 35.3. The summed E-state index contributed by atoms with van der Waals surface area (Å²) in [6.45, 7) is 16.3. The van der Waals surface area contributed by atoms with Crippen molar-refractivity contribution in [1.29, 1.82) is 0 Å². The molecule has 16 N–H and O–H groups in total. The number of primary amides is 1. The summed E-state index contributed by atoms with van der Waals surface area (Å²) < 4.78 is 0. The number of benzene rings is 1. The molecule has 11 atom stereocenters. The molecule has 0 spiro atoms. The van der Waals surface area contributed by atoms with Gasteiger partial charge in [-0.15, -0.1) is 0 Å². The number of carboxylic acids is 2. The van der Waals surface area contributed by atoms with E-state index < -0.39 is 151 Å². The van der Waals surface area contributed by atoms with Crippen LogP contribution in [0.25, 0.3) is 0 Å². The van der Waals surface area contributed by atoms with Crippen molar-refractivity contribution >= 4 is 65.1 Å². The maximum atomic E-state index is 14.1. The van der Waals surface area contributed by atoms with Gasteiger partial charge in [0.25, 0.3) is 0 Å². The van der Waals surface area contributed by atoms with Crippen LogP contribution in [0, 0.1) is 23.7 Å². The Kier molecular flexibility index (Phi) is 29.5. The summed E-state index contributed by atoms with van der Waals surface area (Å²) in [5.74, 6) is -12.1. The number of nitrogens with one attached hydrogen (secondary N) is 8. The topological polar surface area (TPSA) is 417 Å². The number of aliphatic carboxylic acids is 2. The summed E-state index contributed by atoms with van der Waals surface area (Å²) in [7, 11) is 0. The lowest BCUT2D eigenvalue weighted by Gasteiger charge is -2.29. The first-order valence-corrected chi connectivity index (χ1v) is 25.6. The lowest BCUT2D eigenvalue weighted by atomic mass is 9.98. The lowest BCUT2D eigenvalue weighted by Crippen LogP contribution is -2.62. The molecule has 0 aromatic heterocycles. The molecule has 0 fully saturated rings. The van der Waals surface area contributed by atoms with Crippen LogP contribution in [-0.2, 0) is 59.2 Å². The molecule has 25 heteroatoms. The molecule has 0 radical (unpaired) electrons. The molecule has 428 valence electrons. The highest BCUT2D eigenvalue weighted by atomic mass is 16.4. The molecule has 0 bridgehead atoms. The number of aliphatic hydroxyl groups excluding tert-OH is 2. The molecule has 0 unspecified atom stereocenters. The largest absolute Gasteiger partial charge is 0.481 e. The maximum absolute atomic E-state index is 14.1. The molecule has 0 saturated heterocycles. The van der Waals surface area contributed by atoms with E-state index in [4.69, 9.17) is 11.5 Å². The minimum Gasteiger partial charge on any atom is -0.481 e.